The summed E-state index contributed by atoms with van der Waals surface area (Å²) >= 11 is 0. The summed E-state index contributed by atoms with van der Waals surface area (Å²) in [6.07, 6.45) is 2.63. The van der Waals surface area contributed by atoms with E-state index in [0.717, 1.165) is 6.67 Å². The maximum Gasteiger partial charge on any atom is 0.0489 e. The Hall–Kier alpha value is -0.120. The van der Waals surface area contributed by atoms with Crippen LogP contribution < -0.4 is 5.32 Å². The quantitative estimate of drug-likeness (QED) is 0.754. The zero-order valence-corrected chi connectivity index (χ0v) is 12.2. The molecule has 0 radical (unpaired) electrons. The smallest absolute Gasteiger partial charge is 0.0489 e. The van der Waals surface area contributed by atoms with Crippen molar-refractivity contribution in [3.63, 3.8) is 0 Å². The summed E-state index contributed by atoms with van der Waals surface area (Å²) in [7, 11) is 0. The highest BCUT2D eigenvalue weighted by Gasteiger charge is 2.45. The van der Waals surface area contributed by atoms with E-state index in [1.54, 1.807) is 0 Å². The molecule has 2 heterocycles. The normalized spacial score (nSPS) is 27.2. The Morgan fingerprint density at radius 3 is 2.18 bits per heavy atom. The Kier molecular flexibility index (Phi) is 3.54. The van der Waals surface area contributed by atoms with Crippen molar-refractivity contribution in [1.29, 1.82) is 0 Å². The molecule has 0 bridgehead atoms. The van der Waals surface area contributed by atoms with Gasteiger partial charge in [0.2, 0.25) is 0 Å². The molecule has 0 aromatic heterocycles. The highest BCUT2D eigenvalue weighted by Crippen LogP contribution is 2.34. The van der Waals surface area contributed by atoms with Crippen LogP contribution in [-0.4, -0.2) is 53.2 Å². The molecule has 0 amide bonds. The standard InChI is InChI=1S/C14H29N3/c1-12(2)17-11-15-10-14(17)6-8-16(9-7-14)13(3,4)5/h12,15H,6-11H2,1-5H3. The predicted octanol–water partition coefficient (Wildman–Crippen LogP) is 1.89. The zero-order valence-electron chi connectivity index (χ0n) is 12.2. The molecule has 0 unspecified atom stereocenters. The van der Waals surface area contributed by atoms with Crippen LogP contribution in [0.3, 0.4) is 0 Å². The number of nitrogens with zero attached hydrogens (tertiary/aromatic N) is 2. The van der Waals surface area contributed by atoms with Crippen molar-refractivity contribution in [3.8, 4) is 0 Å². The van der Waals surface area contributed by atoms with Crippen LogP contribution in [0, 0.1) is 0 Å². The van der Waals surface area contributed by atoms with E-state index >= 15 is 0 Å². The van der Waals surface area contributed by atoms with Crippen molar-refractivity contribution in [1.82, 2.24) is 15.1 Å². The van der Waals surface area contributed by atoms with E-state index in [1.807, 2.05) is 0 Å². The van der Waals surface area contributed by atoms with Gasteiger partial charge in [-0.1, -0.05) is 0 Å². The Morgan fingerprint density at radius 2 is 1.71 bits per heavy atom. The molecule has 2 saturated heterocycles. The highest BCUT2D eigenvalue weighted by atomic mass is 15.4. The van der Waals surface area contributed by atoms with Crippen molar-refractivity contribution >= 4 is 0 Å². The molecule has 17 heavy (non-hydrogen) atoms. The first-order chi connectivity index (χ1) is 7.85. The first kappa shape index (κ1) is 13.3. The number of nitrogens with one attached hydrogen (secondary N) is 1. The molecular formula is C14H29N3. The molecule has 2 aliphatic rings. The van der Waals surface area contributed by atoms with E-state index < -0.39 is 0 Å². The number of hydrogen-bond acceptors (Lipinski definition) is 3. The van der Waals surface area contributed by atoms with E-state index in [-0.39, 0.29) is 0 Å². The Morgan fingerprint density at radius 1 is 1.12 bits per heavy atom. The van der Waals surface area contributed by atoms with Crippen molar-refractivity contribution in [2.75, 3.05) is 26.3 Å². The minimum atomic E-state index is 0.330. The lowest BCUT2D eigenvalue weighted by Gasteiger charge is -2.49. The Labute approximate surface area is 107 Å². The maximum atomic E-state index is 3.58. The predicted molar refractivity (Wildman–Crippen MR) is 73.1 cm³/mol. The van der Waals surface area contributed by atoms with Gasteiger partial charge in [-0.3, -0.25) is 9.80 Å². The fraction of sp³-hybridized carbons (Fsp3) is 1.00. The summed E-state index contributed by atoms with van der Waals surface area (Å²) in [5, 5.41) is 3.58. The zero-order chi connectivity index (χ0) is 12.7. The third kappa shape index (κ3) is 2.51. The lowest BCUT2D eigenvalue weighted by Crippen LogP contribution is -2.58. The van der Waals surface area contributed by atoms with Gasteiger partial charge in [0.05, 0.1) is 0 Å². The fourth-order valence-corrected chi connectivity index (χ4v) is 3.47. The molecule has 2 aliphatic heterocycles. The van der Waals surface area contributed by atoms with Gasteiger partial charge in [-0.25, -0.2) is 0 Å². The number of hydrogen-bond donors (Lipinski definition) is 1. The van der Waals surface area contributed by atoms with Gasteiger partial charge in [0.1, 0.15) is 0 Å². The average Bonchev–Trinajstić information content (AvgIpc) is 2.61. The summed E-state index contributed by atoms with van der Waals surface area (Å²) in [5.74, 6) is 0. The lowest BCUT2D eigenvalue weighted by molar-refractivity contribution is 0.00923. The molecule has 2 rings (SSSR count). The summed E-state index contributed by atoms with van der Waals surface area (Å²) in [6.45, 7) is 16.4. The van der Waals surface area contributed by atoms with Crippen molar-refractivity contribution in [2.24, 2.45) is 0 Å². The van der Waals surface area contributed by atoms with Crippen LogP contribution >= 0.6 is 0 Å². The van der Waals surface area contributed by atoms with Gasteiger partial charge in [-0.2, -0.15) is 0 Å². The Balaban J connectivity index is 2.02. The van der Waals surface area contributed by atoms with E-state index in [9.17, 15) is 0 Å². The number of rotatable bonds is 1. The van der Waals surface area contributed by atoms with Gasteiger partial charge in [0.15, 0.2) is 0 Å². The van der Waals surface area contributed by atoms with E-state index in [0.29, 0.717) is 17.1 Å². The van der Waals surface area contributed by atoms with Crippen molar-refractivity contribution in [2.45, 2.75) is 64.6 Å². The number of likely N-dealkylation sites (tertiary alicyclic amines) is 1. The molecule has 0 saturated carbocycles. The van der Waals surface area contributed by atoms with Crippen LogP contribution in [0.4, 0.5) is 0 Å². The van der Waals surface area contributed by atoms with Crippen LogP contribution in [0.2, 0.25) is 0 Å². The first-order valence-corrected chi connectivity index (χ1v) is 7.08. The average molecular weight is 239 g/mol. The van der Waals surface area contributed by atoms with Crippen LogP contribution in [-0.2, 0) is 0 Å². The van der Waals surface area contributed by atoms with Crippen LogP contribution in [0.15, 0.2) is 0 Å². The van der Waals surface area contributed by atoms with E-state index in [4.69, 9.17) is 0 Å². The third-order valence-corrected chi connectivity index (χ3v) is 4.61. The fourth-order valence-electron chi connectivity index (χ4n) is 3.47. The molecule has 0 aromatic rings. The summed E-state index contributed by atoms with van der Waals surface area (Å²) in [4.78, 5) is 5.31. The summed E-state index contributed by atoms with van der Waals surface area (Å²) in [6, 6.07) is 0.659. The van der Waals surface area contributed by atoms with Gasteiger partial charge in [-0.15, -0.1) is 0 Å². The molecule has 0 aliphatic carbocycles. The molecule has 1 N–H and O–H groups in total. The molecule has 1 spiro atoms. The second-order valence-corrected chi connectivity index (χ2v) is 7.03. The SMILES string of the molecule is CC(C)N1CNCC12CCN(C(C)(C)C)CC2. The molecule has 100 valence electrons. The van der Waals surface area contributed by atoms with Gasteiger partial charge < -0.3 is 5.32 Å². The monoisotopic (exact) mass is 239 g/mol. The molecule has 3 heteroatoms. The molecule has 0 aromatic carbocycles. The van der Waals surface area contributed by atoms with Crippen molar-refractivity contribution in [3.05, 3.63) is 0 Å². The van der Waals surface area contributed by atoms with Crippen LogP contribution in [0.25, 0.3) is 0 Å². The van der Waals surface area contributed by atoms with Crippen LogP contribution in [0.5, 0.6) is 0 Å². The highest BCUT2D eigenvalue weighted by molar-refractivity contribution is 5.02. The molecular weight excluding hydrogens is 210 g/mol. The van der Waals surface area contributed by atoms with E-state index in [1.165, 1.54) is 32.5 Å². The topological polar surface area (TPSA) is 18.5 Å². The van der Waals surface area contributed by atoms with E-state index in [2.05, 4.69) is 49.7 Å². The molecule has 0 atom stereocenters. The molecule has 3 nitrogen and oxygen atoms in total. The van der Waals surface area contributed by atoms with Crippen molar-refractivity contribution < 1.29 is 0 Å². The summed E-state index contributed by atoms with van der Waals surface area (Å²) < 4.78 is 0. The van der Waals surface area contributed by atoms with Crippen LogP contribution in [0.1, 0.15) is 47.5 Å². The minimum Gasteiger partial charge on any atom is -0.302 e. The minimum absolute atomic E-state index is 0.330. The van der Waals surface area contributed by atoms with Gasteiger partial charge in [-0.05, 0) is 47.5 Å². The Bertz CT molecular complexity index is 259. The number of piperidine rings is 1. The largest absolute Gasteiger partial charge is 0.302 e. The lowest BCUT2D eigenvalue weighted by atomic mass is 9.84. The second kappa shape index (κ2) is 4.52. The summed E-state index contributed by atoms with van der Waals surface area (Å²) in [5.41, 5.74) is 0.770. The first-order valence-electron chi connectivity index (χ1n) is 7.08. The van der Waals surface area contributed by atoms with Gasteiger partial charge in [0, 0.05) is 43.4 Å². The second-order valence-electron chi connectivity index (χ2n) is 7.03. The van der Waals surface area contributed by atoms with Gasteiger partial charge >= 0.3 is 0 Å². The van der Waals surface area contributed by atoms with Gasteiger partial charge in [0.25, 0.3) is 0 Å². The molecule has 2 fully saturated rings. The third-order valence-electron chi connectivity index (χ3n) is 4.61. The maximum absolute atomic E-state index is 3.58.